The maximum Gasteiger partial charge on any atom is 0.460 e. The second-order valence-corrected chi connectivity index (χ2v) is 18.2. The number of rotatable bonds is 21. The summed E-state index contributed by atoms with van der Waals surface area (Å²) in [5.41, 5.74) is 0.0546. The third kappa shape index (κ3) is 9.76. The van der Waals surface area contributed by atoms with E-state index in [0.717, 1.165) is 6.08 Å². The molecule has 0 aromatic heterocycles. The maximum atomic E-state index is 14.8. The molecule has 3 N–H and O–H groups in total. The number of alkyl halides is 17. The summed E-state index contributed by atoms with van der Waals surface area (Å²) in [4.78, 5) is 11.0. The molecule has 1 amide bonds. The summed E-state index contributed by atoms with van der Waals surface area (Å²) in [6.07, 6.45) is -6.16. The topological polar surface area (TPSA) is 88.0 Å². The van der Waals surface area contributed by atoms with Crippen molar-refractivity contribution in [2.24, 2.45) is 5.92 Å². The second kappa shape index (κ2) is 17.8. The van der Waals surface area contributed by atoms with Gasteiger partial charge in [-0.15, -0.1) is 0 Å². The molecule has 6 nitrogen and oxygen atoms in total. The molecule has 324 valence electrons. The molecule has 0 radical (unpaired) electrons. The molecule has 0 aliphatic carbocycles. The first-order valence-electron chi connectivity index (χ1n) is 16.1. The smallest absolute Gasteiger partial charge is 0.460 e. The van der Waals surface area contributed by atoms with Gasteiger partial charge in [-0.2, -0.15) is 74.6 Å². The molecule has 0 aliphatic heterocycles. The zero-order valence-electron chi connectivity index (χ0n) is 29.8. The SMILES string of the molecule is CC(C)[Si](CCC(F)(F)C(F)(F)C(F)(F)C(F)(F)C(F)(F)C(F)(F)C(F)(F)C(F)(F)F)(OCCOc1ccc([C@@H](O)[C@@H](C)/C=C/C=C/C(=O)NO)cc1)C(C)C. The number of nitrogens with one attached hydrogen (secondary N) is 1. The van der Waals surface area contributed by atoms with Crippen molar-refractivity contribution in [1.82, 2.24) is 5.48 Å². The van der Waals surface area contributed by atoms with Crippen LogP contribution in [0.25, 0.3) is 0 Å². The van der Waals surface area contributed by atoms with E-state index in [9.17, 15) is 84.5 Å². The maximum absolute atomic E-state index is 14.8. The zero-order valence-corrected chi connectivity index (χ0v) is 30.8. The van der Waals surface area contributed by atoms with E-state index in [-0.39, 0.29) is 12.4 Å². The highest BCUT2D eigenvalue weighted by molar-refractivity contribution is 6.76. The fraction of sp³-hybridized carbons (Fsp3) is 0.656. The molecule has 1 aromatic carbocycles. The Bertz CT molecular complexity index is 1490. The lowest BCUT2D eigenvalue weighted by Gasteiger charge is -2.44. The van der Waals surface area contributed by atoms with Gasteiger partial charge < -0.3 is 14.3 Å². The summed E-state index contributed by atoms with van der Waals surface area (Å²) in [5, 5.41) is 19.0. The highest BCUT2D eigenvalue weighted by Crippen LogP contribution is 2.64. The van der Waals surface area contributed by atoms with Crippen LogP contribution in [0.1, 0.15) is 52.7 Å². The Morgan fingerprint density at radius 2 is 1.14 bits per heavy atom. The van der Waals surface area contributed by atoms with Crippen molar-refractivity contribution in [3.05, 3.63) is 54.1 Å². The molecule has 0 saturated heterocycles. The Kier molecular flexibility index (Phi) is 16.2. The number of carbonyl (C=O) groups is 1. The summed E-state index contributed by atoms with van der Waals surface area (Å²) in [6.45, 7) is 6.02. The second-order valence-electron chi connectivity index (χ2n) is 13.2. The molecule has 0 saturated carbocycles. The van der Waals surface area contributed by atoms with Crippen molar-refractivity contribution in [3.8, 4) is 5.75 Å². The Morgan fingerprint density at radius 1 is 0.696 bits per heavy atom. The first kappa shape index (κ1) is 50.9. The third-order valence-electron chi connectivity index (χ3n) is 8.90. The number of hydroxylamine groups is 1. The summed E-state index contributed by atoms with van der Waals surface area (Å²) in [7, 11) is -3.95. The van der Waals surface area contributed by atoms with Crippen molar-refractivity contribution in [2.75, 3.05) is 13.2 Å². The zero-order chi connectivity index (χ0) is 44.1. The number of amides is 1. The van der Waals surface area contributed by atoms with E-state index in [2.05, 4.69) is 0 Å². The number of ether oxygens (including phenoxy) is 1. The van der Waals surface area contributed by atoms with Gasteiger partial charge >= 0.3 is 47.6 Å². The Hall–Kier alpha value is -3.12. The monoisotopic (exact) mass is 867 g/mol. The van der Waals surface area contributed by atoms with Crippen molar-refractivity contribution in [3.63, 3.8) is 0 Å². The summed E-state index contributed by atoms with van der Waals surface area (Å²) < 4.78 is 245. The van der Waals surface area contributed by atoms with E-state index in [1.54, 1.807) is 6.92 Å². The van der Waals surface area contributed by atoms with Crippen LogP contribution in [-0.2, 0) is 9.22 Å². The minimum Gasteiger partial charge on any atom is -0.491 e. The lowest BCUT2D eigenvalue weighted by molar-refractivity contribution is -0.461. The van der Waals surface area contributed by atoms with Crippen molar-refractivity contribution in [1.29, 1.82) is 0 Å². The Balaban J connectivity index is 3.19. The van der Waals surface area contributed by atoms with Crippen LogP contribution in [0.5, 0.6) is 5.75 Å². The number of halogens is 17. The molecule has 56 heavy (non-hydrogen) atoms. The summed E-state index contributed by atoms with van der Waals surface area (Å²) >= 11 is 0. The summed E-state index contributed by atoms with van der Waals surface area (Å²) in [5.74, 6) is -57.8. The van der Waals surface area contributed by atoms with Crippen LogP contribution in [0.4, 0.5) is 74.6 Å². The average molecular weight is 868 g/mol. The van der Waals surface area contributed by atoms with Gasteiger partial charge in [0.2, 0.25) is 0 Å². The van der Waals surface area contributed by atoms with Gasteiger partial charge in [-0.3, -0.25) is 10.0 Å². The Labute approximate surface area is 309 Å². The molecular weight excluding hydrogens is 829 g/mol. The average Bonchev–Trinajstić information content (AvgIpc) is 3.08. The predicted octanol–water partition coefficient (Wildman–Crippen LogP) is 10.5. The summed E-state index contributed by atoms with van der Waals surface area (Å²) in [6, 6.07) is 4.36. The number of aliphatic hydroxyl groups excluding tert-OH is 1. The van der Waals surface area contributed by atoms with Crippen LogP contribution in [0.15, 0.2) is 48.6 Å². The molecule has 24 heteroatoms. The number of aliphatic hydroxyl groups is 1. The number of hydrogen-bond donors (Lipinski definition) is 3. The van der Waals surface area contributed by atoms with E-state index in [1.807, 2.05) is 0 Å². The highest BCUT2D eigenvalue weighted by Gasteiger charge is 2.95. The van der Waals surface area contributed by atoms with Gasteiger partial charge in [0.05, 0.1) is 12.7 Å². The normalized spacial score (nSPS) is 16.0. The molecular formula is C32H38F17NO5Si. The predicted molar refractivity (Wildman–Crippen MR) is 166 cm³/mol. The number of hydrogen-bond acceptors (Lipinski definition) is 5. The molecule has 0 aliphatic rings. The molecule has 0 fully saturated rings. The minimum atomic E-state index is -8.68. The Morgan fingerprint density at radius 3 is 1.57 bits per heavy atom. The molecule has 0 heterocycles. The highest BCUT2D eigenvalue weighted by atomic mass is 28.4. The van der Waals surface area contributed by atoms with Gasteiger partial charge in [0.25, 0.3) is 5.91 Å². The van der Waals surface area contributed by atoms with E-state index >= 15 is 0 Å². The molecule has 1 aromatic rings. The quantitative estimate of drug-likeness (QED) is 0.0218. The molecule has 0 unspecified atom stereocenters. The van der Waals surface area contributed by atoms with Gasteiger partial charge in [0.15, 0.2) is 8.32 Å². The van der Waals surface area contributed by atoms with E-state index < -0.39 is 104 Å². The van der Waals surface area contributed by atoms with Gasteiger partial charge in [-0.05, 0) is 34.8 Å². The van der Waals surface area contributed by atoms with E-state index in [4.69, 9.17) is 14.4 Å². The van der Waals surface area contributed by atoms with Gasteiger partial charge in [0, 0.05) is 18.4 Å². The molecule has 0 spiro atoms. The van der Waals surface area contributed by atoms with Crippen molar-refractivity contribution >= 4 is 14.2 Å². The molecule has 1 rings (SSSR count). The minimum absolute atomic E-state index is 0.150. The third-order valence-corrected chi connectivity index (χ3v) is 14.6. The lowest BCUT2D eigenvalue weighted by Crippen LogP contribution is -2.74. The largest absolute Gasteiger partial charge is 0.491 e. The van der Waals surface area contributed by atoms with E-state index in [0.29, 0.717) is 5.56 Å². The number of carbonyl (C=O) groups excluding carboxylic acids is 1. The van der Waals surface area contributed by atoms with Gasteiger partial charge in [0.1, 0.15) is 12.4 Å². The van der Waals surface area contributed by atoms with Crippen molar-refractivity contribution in [2.45, 2.75) is 112 Å². The first-order valence-corrected chi connectivity index (χ1v) is 18.4. The first-order chi connectivity index (χ1) is 25.1. The number of benzene rings is 1. The van der Waals surface area contributed by atoms with Crippen LogP contribution >= 0.6 is 0 Å². The van der Waals surface area contributed by atoms with Crippen LogP contribution < -0.4 is 10.2 Å². The van der Waals surface area contributed by atoms with Crippen LogP contribution in [0.3, 0.4) is 0 Å². The van der Waals surface area contributed by atoms with Crippen LogP contribution in [-0.4, -0.2) is 85.4 Å². The van der Waals surface area contributed by atoms with E-state index in [1.165, 1.54) is 75.7 Å². The number of allylic oxidation sites excluding steroid dienone is 2. The van der Waals surface area contributed by atoms with Crippen molar-refractivity contribution < 1.29 is 98.9 Å². The molecule has 0 bridgehead atoms. The molecule has 2 atom stereocenters. The van der Waals surface area contributed by atoms with Crippen LogP contribution in [0, 0.1) is 5.92 Å². The van der Waals surface area contributed by atoms with Gasteiger partial charge in [-0.25, -0.2) is 5.48 Å². The van der Waals surface area contributed by atoms with Gasteiger partial charge in [-0.1, -0.05) is 65.0 Å². The fourth-order valence-corrected chi connectivity index (χ4v) is 9.80. The standard InChI is InChI=1S/C32H38F17NO5Si/c1-18(2)56(19(3)4,55-16-15-54-22-12-10-21(11-13-22)24(52)20(5)8-6-7-9-23(51)50-53)17-14-25(33,34)26(35,36)27(37,38)28(39,40)29(41,42)30(43,44)31(45,46)32(47,48)49/h6-13,18-20,24,52-53H,14-17H2,1-5H3,(H,50,51)/b8-6+,9-7+/t20-,24-/m0/s1. The fourth-order valence-electron chi connectivity index (χ4n) is 5.34. The lowest BCUT2D eigenvalue weighted by atomic mass is 9.88. The van der Waals surface area contributed by atoms with Crippen LogP contribution in [0.2, 0.25) is 17.1 Å².